The monoisotopic (exact) mass is 476 g/mol. The number of benzene rings is 3. The van der Waals surface area contributed by atoms with Crippen molar-refractivity contribution in [1.82, 2.24) is 5.32 Å². The van der Waals surface area contributed by atoms with E-state index in [-0.39, 0.29) is 17.9 Å². The Bertz CT molecular complexity index is 1330. The van der Waals surface area contributed by atoms with Crippen molar-refractivity contribution in [2.24, 2.45) is 0 Å². The van der Waals surface area contributed by atoms with E-state index < -0.39 is 27.9 Å². The Labute approximate surface area is 198 Å². The predicted octanol–water partition coefficient (Wildman–Crippen LogP) is 2.66. The summed E-state index contributed by atoms with van der Waals surface area (Å²) in [5, 5.41) is 2.85. The lowest BCUT2D eigenvalue weighted by molar-refractivity contribution is -0.125. The summed E-state index contributed by atoms with van der Waals surface area (Å²) in [5.74, 6) is 0.796. The molecular weight excluding hydrogens is 452 g/mol. The fourth-order valence-corrected chi connectivity index (χ4v) is 3.97. The van der Waals surface area contributed by atoms with Crippen molar-refractivity contribution in [3.05, 3.63) is 90.0 Å². The van der Waals surface area contributed by atoms with Crippen molar-refractivity contribution in [3.8, 4) is 12.3 Å². The van der Waals surface area contributed by atoms with Gasteiger partial charge < -0.3 is 11.1 Å². The average Bonchev–Trinajstić information content (AvgIpc) is 2.80. The molecular formula is C25H24N4O4S. The largest absolute Gasteiger partial charge is 0.399 e. The van der Waals surface area contributed by atoms with E-state index >= 15 is 0 Å². The summed E-state index contributed by atoms with van der Waals surface area (Å²) in [6, 6.07) is 20.8. The molecule has 3 rings (SSSR count). The second kappa shape index (κ2) is 10.6. The third-order valence-electron chi connectivity index (χ3n) is 4.81. The van der Waals surface area contributed by atoms with Crippen LogP contribution in [0.4, 0.5) is 17.1 Å². The molecule has 0 aromatic heterocycles. The standard InChI is InChI=1S/C25H24N4O4S/c1-3-23(30)29(22-14-8-13-21(16-22)28-34(2,32)33)24(19-11-7-12-20(26)15-19)25(31)27-17-18-9-5-4-6-10-18/h1,4-16,24,28H,17,26H2,2H3,(H,27,31). The van der Waals surface area contributed by atoms with Crippen molar-refractivity contribution < 1.29 is 18.0 Å². The molecule has 3 aromatic rings. The van der Waals surface area contributed by atoms with E-state index in [4.69, 9.17) is 12.2 Å². The molecule has 34 heavy (non-hydrogen) atoms. The Balaban J connectivity index is 2.06. The average molecular weight is 477 g/mol. The van der Waals surface area contributed by atoms with E-state index in [1.165, 1.54) is 12.1 Å². The van der Waals surface area contributed by atoms with Gasteiger partial charge in [-0.3, -0.25) is 19.2 Å². The molecule has 0 saturated carbocycles. The van der Waals surface area contributed by atoms with Gasteiger partial charge in [-0.05, 0) is 47.4 Å². The van der Waals surface area contributed by atoms with Crippen LogP contribution in [0.2, 0.25) is 0 Å². The van der Waals surface area contributed by atoms with Gasteiger partial charge in [-0.15, -0.1) is 6.42 Å². The number of hydrogen-bond donors (Lipinski definition) is 3. The molecule has 9 heteroatoms. The molecule has 8 nitrogen and oxygen atoms in total. The zero-order valence-electron chi connectivity index (χ0n) is 18.4. The quantitative estimate of drug-likeness (QED) is 0.341. The van der Waals surface area contributed by atoms with E-state index in [1.54, 1.807) is 36.4 Å². The fraction of sp³-hybridized carbons (Fsp3) is 0.120. The zero-order chi connectivity index (χ0) is 24.7. The van der Waals surface area contributed by atoms with E-state index in [1.807, 2.05) is 30.3 Å². The third-order valence-corrected chi connectivity index (χ3v) is 5.42. The van der Waals surface area contributed by atoms with Gasteiger partial charge in [0.15, 0.2) is 0 Å². The summed E-state index contributed by atoms with van der Waals surface area (Å²) in [5.41, 5.74) is 8.11. The highest BCUT2D eigenvalue weighted by molar-refractivity contribution is 7.92. The number of terminal acetylenes is 1. The summed E-state index contributed by atoms with van der Waals surface area (Å²) >= 11 is 0. The Kier molecular flexibility index (Phi) is 7.56. The van der Waals surface area contributed by atoms with Crippen molar-refractivity contribution >= 4 is 38.9 Å². The molecule has 0 radical (unpaired) electrons. The number of nitrogens with zero attached hydrogens (tertiary/aromatic N) is 1. The zero-order valence-corrected chi connectivity index (χ0v) is 19.2. The molecule has 0 saturated heterocycles. The Hall–Kier alpha value is -4.29. The predicted molar refractivity (Wildman–Crippen MR) is 133 cm³/mol. The summed E-state index contributed by atoms with van der Waals surface area (Å²) in [6.45, 7) is 0.228. The number of rotatable bonds is 8. The van der Waals surface area contributed by atoms with Gasteiger partial charge in [-0.25, -0.2) is 8.42 Å². The molecule has 0 aliphatic heterocycles. The number of nitrogens with one attached hydrogen (secondary N) is 2. The first kappa shape index (κ1) is 24.4. The van der Waals surface area contributed by atoms with Crippen LogP contribution in [0.1, 0.15) is 17.2 Å². The summed E-state index contributed by atoms with van der Waals surface area (Å²) in [7, 11) is -3.57. The molecule has 3 aromatic carbocycles. The van der Waals surface area contributed by atoms with Crippen LogP contribution in [-0.2, 0) is 26.2 Å². The maximum atomic E-state index is 13.5. The van der Waals surface area contributed by atoms with Crippen LogP contribution in [0.3, 0.4) is 0 Å². The maximum absolute atomic E-state index is 13.5. The van der Waals surface area contributed by atoms with E-state index in [0.717, 1.165) is 16.7 Å². The number of carbonyl (C=O) groups excluding carboxylic acids is 2. The van der Waals surface area contributed by atoms with Gasteiger partial charge in [0, 0.05) is 17.9 Å². The SMILES string of the molecule is C#CC(=O)N(c1cccc(NS(C)(=O)=O)c1)C(C(=O)NCc1ccccc1)c1cccc(N)c1. The van der Waals surface area contributed by atoms with Crippen LogP contribution in [0, 0.1) is 12.3 Å². The Morgan fingerprint density at radius 1 is 1.03 bits per heavy atom. The van der Waals surface area contributed by atoms with Crippen molar-refractivity contribution in [2.75, 3.05) is 21.6 Å². The number of sulfonamides is 1. The number of nitrogen functional groups attached to an aromatic ring is 1. The third kappa shape index (κ3) is 6.37. The molecule has 0 bridgehead atoms. The summed E-state index contributed by atoms with van der Waals surface area (Å²) in [4.78, 5) is 27.5. The van der Waals surface area contributed by atoms with Crippen LogP contribution < -0.4 is 20.7 Å². The fourth-order valence-electron chi connectivity index (χ4n) is 3.41. The molecule has 0 heterocycles. The highest BCUT2D eigenvalue weighted by Gasteiger charge is 2.32. The highest BCUT2D eigenvalue weighted by atomic mass is 32.2. The van der Waals surface area contributed by atoms with Crippen LogP contribution in [0.25, 0.3) is 0 Å². The first-order valence-corrected chi connectivity index (χ1v) is 12.1. The molecule has 4 N–H and O–H groups in total. The van der Waals surface area contributed by atoms with E-state index in [0.29, 0.717) is 11.3 Å². The van der Waals surface area contributed by atoms with Crippen LogP contribution in [-0.4, -0.2) is 26.5 Å². The van der Waals surface area contributed by atoms with Crippen molar-refractivity contribution in [3.63, 3.8) is 0 Å². The van der Waals surface area contributed by atoms with Crippen LogP contribution >= 0.6 is 0 Å². The lowest BCUT2D eigenvalue weighted by Crippen LogP contribution is -2.43. The molecule has 2 amide bonds. The van der Waals surface area contributed by atoms with Gasteiger partial charge in [0.25, 0.3) is 0 Å². The van der Waals surface area contributed by atoms with E-state index in [2.05, 4.69) is 16.0 Å². The summed E-state index contributed by atoms with van der Waals surface area (Å²) in [6.07, 6.45) is 6.46. The number of amides is 2. The highest BCUT2D eigenvalue weighted by Crippen LogP contribution is 2.31. The number of nitrogens with two attached hydrogens (primary N) is 1. The van der Waals surface area contributed by atoms with Gasteiger partial charge in [-0.1, -0.05) is 48.5 Å². The lowest BCUT2D eigenvalue weighted by atomic mass is 10.0. The summed E-state index contributed by atoms with van der Waals surface area (Å²) < 4.78 is 25.7. The molecule has 0 spiro atoms. The molecule has 174 valence electrons. The smallest absolute Gasteiger partial charge is 0.303 e. The van der Waals surface area contributed by atoms with Crippen LogP contribution in [0.5, 0.6) is 0 Å². The lowest BCUT2D eigenvalue weighted by Gasteiger charge is -2.30. The maximum Gasteiger partial charge on any atom is 0.303 e. The van der Waals surface area contributed by atoms with Gasteiger partial charge in [-0.2, -0.15) is 0 Å². The minimum absolute atomic E-state index is 0.214. The Morgan fingerprint density at radius 3 is 2.38 bits per heavy atom. The minimum Gasteiger partial charge on any atom is -0.399 e. The van der Waals surface area contributed by atoms with Gasteiger partial charge in [0.1, 0.15) is 6.04 Å². The number of hydrogen-bond acceptors (Lipinski definition) is 5. The van der Waals surface area contributed by atoms with E-state index in [9.17, 15) is 18.0 Å². The second-order valence-corrected chi connectivity index (χ2v) is 9.27. The Morgan fingerprint density at radius 2 is 1.74 bits per heavy atom. The number of carbonyl (C=O) groups is 2. The molecule has 1 unspecified atom stereocenters. The normalized spacial score (nSPS) is 11.6. The van der Waals surface area contributed by atoms with Crippen LogP contribution in [0.15, 0.2) is 78.9 Å². The second-order valence-electron chi connectivity index (χ2n) is 7.52. The molecule has 0 fully saturated rings. The molecule has 0 aliphatic rings. The van der Waals surface area contributed by atoms with Crippen molar-refractivity contribution in [2.45, 2.75) is 12.6 Å². The number of anilines is 3. The minimum atomic E-state index is -3.57. The first-order chi connectivity index (χ1) is 16.2. The topological polar surface area (TPSA) is 122 Å². The molecule has 0 aliphatic carbocycles. The van der Waals surface area contributed by atoms with Gasteiger partial charge >= 0.3 is 5.91 Å². The molecule has 1 atom stereocenters. The van der Waals surface area contributed by atoms with Gasteiger partial charge in [0.2, 0.25) is 15.9 Å². The first-order valence-electron chi connectivity index (χ1n) is 10.2. The van der Waals surface area contributed by atoms with Gasteiger partial charge in [0.05, 0.1) is 11.9 Å². The van der Waals surface area contributed by atoms with Crippen molar-refractivity contribution in [1.29, 1.82) is 0 Å².